The molecule has 0 atom stereocenters. The first kappa shape index (κ1) is 27.3. The molecule has 2 heterocycles. The first-order valence-corrected chi connectivity index (χ1v) is 11.8. The smallest absolute Gasteiger partial charge is 0.281 e. The lowest BCUT2D eigenvalue weighted by Gasteiger charge is -2.13. The minimum absolute atomic E-state index is 0.0428. The highest BCUT2D eigenvalue weighted by atomic mass is 16.5. The van der Waals surface area contributed by atoms with Gasteiger partial charge in [0.2, 0.25) is 5.88 Å². The van der Waals surface area contributed by atoms with Gasteiger partial charge in [0.05, 0.1) is 31.7 Å². The van der Waals surface area contributed by atoms with Gasteiger partial charge in [-0.3, -0.25) is 14.2 Å². The Morgan fingerprint density at radius 2 is 1.97 bits per heavy atom. The number of amides is 1. The summed E-state index contributed by atoms with van der Waals surface area (Å²) < 4.78 is 16.6. The predicted molar refractivity (Wildman–Crippen MR) is 135 cm³/mol. The molecule has 1 amide bonds. The van der Waals surface area contributed by atoms with E-state index in [0.717, 1.165) is 4.57 Å². The number of hydrogen-bond acceptors (Lipinski definition) is 9. The first-order valence-electron chi connectivity index (χ1n) is 11.8. The van der Waals surface area contributed by atoms with Gasteiger partial charge in [-0.2, -0.15) is 10.4 Å². The van der Waals surface area contributed by atoms with Crippen molar-refractivity contribution in [3.63, 3.8) is 0 Å². The van der Waals surface area contributed by atoms with Crippen LogP contribution in [0, 0.1) is 11.3 Å². The summed E-state index contributed by atoms with van der Waals surface area (Å²) in [6.45, 7) is 3.73. The highest BCUT2D eigenvalue weighted by molar-refractivity contribution is 5.94. The Hall–Kier alpha value is -4.27. The number of ether oxygens (including phenoxy) is 2. The SMILES string of the molecule is CCc1c(C#N)c(O)n(Cc2ccco2)c(=O)c1N=Nc1ccc(C(=O)NCCCOCCOC)cc1. The number of rotatable bonds is 13. The van der Waals surface area contributed by atoms with Crippen molar-refractivity contribution in [2.75, 3.05) is 33.5 Å². The van der Waals surface area contributed by atoms with Crippen molar-refractivity contribution in [3.05, 3.63) is 75.5 Å². The number of pyridine rings is 1. The molecule has 1 aromatic carbocycles. The lowest BCUT2D eigenvalue weighted by molar-refractivity contribution is 0.0688. The minimum Gasteiger partial charge on any atom is -0.493 e. The zero-order valence-electron chi connectivity index (χ0n) is 20.8. The number of nitriles is 1. The molecular formula is C26H29N5O6. The second-order valence-corrected chi connectivity index (χ2v) is 7.92. The van der Waals surface area contributed by atoms with Crippen LogP contribution in [0.5, 0.6) is 5.88 Å². The highest BCUT2D eigenvalue weighted by Gasteiger charge is 2.21. The van der Waals surface area contributed by atoms with E-state index in [9.17, 15) is 20.0 Å². The maximum atomic E-state index is 13.2. The zero-order chi connectivity index (χ0) is 26.6. The summed E-state index contributed by atoms with van der Waals surface area (Å²) in [4.78, 5) is 25.5. The van der Waals surface area contributed by atoms with Gasteiger partial charge in [-0.25, -0.2) is 0 Å². The monoisotopic (exact) mass is 507 g/mol. The van der Waals surface area contributed by atoms with Crippen LogP contribution in [-0.4, -0.2) is 49.1 Å². The maximum absolute atomic E-state index is 13.2. The van der Waals surface area contributed by atoms with Crippen molar-refractivity contribution in [3.8, 4) is 11.9 Å². The van der Waals surface area contributed by atoms with Gasteiger partial charge in [0.25, 0.3) is 11.5 Å². The molecular weight excluding hydrogens is 478 g/mol. The van der Waals surface area contributed by atoms with Gasteiger partial charge in [0, 0.05) is 31.4 Å². The number of methoxy groups -OCH3 is 1. The molecule has 0 aliphatic heterocycles. The average molecular weight is 508 g/mol. The topological polar surface area (TPSA) is 151 Å². The van der Waals surface area contributed by atoms with Gasteiger partial charge in [-0.1, -0.05) is 6.92 Å². The molecule has 11 heteroatoms. The number of carbonyl (C=O) groups is 1. The molecule has 194 valence electrons. The third-order valence-corrected chi connectivity index (χ3v) is 5.45. The fraction of sp³-hybridized carbons (Fsp3) is 0.346. The molecule has 0 radical (unpaired) electrons. The molecule has 0 spiro atoms. The van der Waals surface area contributed by atoms with E-state index in [0.29, 0.717) is 55.4 Å². The predicted octanol–water partition coefficient (Wildman–Crippen LogP) is 3.83. The number of carbonyl (C=O) groups excluding carboxylic acids is 1. The van der Waals surface area contributed by atoms with Gasteiger partial charge in [-0.05, 0) is 49.2 Å². The van der Waals surface area contributed by atoms with Crippen LogP contribution in [-0.2, 0) is 22.4 Å². The molecule has 3 aromatic rings. The van der Waals surface area contributed by atoms with Crippen LogP contribution in [0.3, 0.4) is 0 Å². The van der Waals surface area contributed by atoms with Crippen molar-refractivity contribution in [1.29, 1.82) is 5.26 Å². The number of furan rings is 1. The van der Waals surface area contributed by atoms with Crippen molar-refractivity contribution in [2.24, 2.45) is 10.2 Å². The fourth-order valence-corrected chi connectivity index (χ4v) is 3.52. The van der Waals surface area contributed by atoms with Crippen molar-refractivity contribution in [1.82, 2.24) is 9.88 Å². The lowest BCUT2D eigenvalue weighted by Crippen LogP contribution is -2.25. The second kappa shape index (κ2) is 13.7. The zero-order valence-corrected chi connectivity index (χ0v) is 20.8. The number of benzene rings is 1. The number of nitrogens with zero attached hydrogens (tertiary/aromatic N) is 4. The number of hydrogen-bond donors (Lipinski definition) is 2. The van der Waals surface area contributed by atoms with Crippen LogP contribution >= 0.6 is 0 Å². The Morgan fingerprint density at radius 3 is 2.62 bits per heavy atom. The Labute approximate surface area is 214 Å². The van der Waals surface area contributed by atoms with E-state index < -0.39 is 11.4 Å². The normalized spacial score (nSPS) is 11.1. The van der Waals surface area contributed by atoms with Crippen LogP contribution in [0.4, 0.5) is 11.4 Å². The molecule has 0 bridgehead atoms. The van der Waals surface area contributed by atoms with Crippen LogP contribution in [0.15, 0.2) is 62.1 Å². The third-order valence-electron chi connectivity index (χ3n) is 5.45. The van der Waals surface area contributed by atoms with E-state index >= 15 is 0 Å². The largest absolute Gasteiger partial charge is 0.493 e. The summed E-state index contributed by atoms with van der Waals surface area (Å²) in [6, 6.07) is 11.7. The number of aromatic nitrogens is 1. The van der Waals surface area contributed by atoms with E-state index in [-0.39, 0.29) is 30.1 Å². The molecule has 0 aliphatic rings. The first-order chi connectivity index (χ1) is 18.0. The van der Waals surface area contributed by atoms with Crippen LogP contribution in [0.2, 0.25) is 0 Å². The summed E-state index contributed by atoms with van der Waals surface area (Å²) in [5.74, 6) is -0.246. The Bertz CT molecular complexity index is 1310. The molecule has 11 nitrogen and oxygen atoms in total. The molecule has 0 aliphatic carbocycles. The van der Waals surface area contributed by atoms with Gasteiger partial charge in [0.1, 0.15) is 17.4 Å². The molecule has 2 aromatic heterocycles. The molecule has 2 N–H and O–H groups in total. The molecule has 0 saturated carbocycles. The van der Waals surface area contributed by atoms with E-state index in [1.54, 1.807) is 50.4 Å². The third kappa shape index (κ3) is 7.13. The molecule has 0 saturated heterocycles. The highest BCUT2D eigenvalue weighted by Crippen LogP contribution is 2.28. The Balaban J connectivity index is 1.73. The van der Waals surface area contributed by atoms with Crippen molar-refractivity contribution >= 4 is 17.3 Å². The quantitative estimate of drug-likeness (QED) is 0.263. The second-order valence-electron chi connectivity index (χ2n) is 7.92. The average Bonchev–Trinajstić information content (AvgIpc) is 3.43. The Kier molecular flexibility index (Phi) is 10.1. The van der Waals surface area contributed by atoms with E-state index in [1.807, 2.05) is 6.07 Å². The summed E-state index contributed by atoms with van der Waals surface area (Å²) in [5, 5.41) is 31.3. The van der Waals surface area contributed by atoms with E-state index in [4.69, 9.17) is 13.9 Å². The standard InChI is InChI=1S/C26H29N5O6/c1-3-21-22(16-27)25(33)31(17-20-6-4-13-37-20)26(34)23(21)30-29-19-9-7-18(8-10-19)24(32)28-11-5-12-36-15-14-35-2/h4,6-10,13,33H,3,5,11-12,14-15,17H2,1-2H3,(H,28,32). The molecule has 0 unspecified atom stereocenters. The van der Waals surface area contributed by atoms with Crippen LogP contribution < -0.4 is 10.9 Å². The van der Waals surface area contributed by atoms with Gasteiger partial charge >= 0.3 is 0 Å². The van der Waals surface area contributed by atoms with Crippen LogP contribution in [0.1, 0.15) is 40.6 Å². The van der Waals surface area contributed by atoms with Gasteiger partial charge in [-0.15, -0.1) is 5.11 Å². The Morgan fingerprint density at radius 1 is 1.19 bits per heavy atom. The molecule has 0 fully saturated rings. The van der Waals surface area contributed by atoms with Crippen molar-refractivity contribution < 1.29 is 23.8 Å². The number of aromatic hydroxyl groups is 1. The van der Waals surface area contributed by atoms with Gasteiger partial charge in [0.15, 0.2) is 5.69 Å². The summed E-state index contributed by atoms with van der Waals surface area (Å²) in [5.41, 5.74) is 0.471. The van der Waals surface area contributed by atoms with E-state index in [1.165, 1.54) is 6.26 Å². The summed E-state index contributed by atoms with van der Waals surface area (Å²) in [7, 11) is 1.61. The molecule has 37 heavy (non-hydrogen) atoms. The fourth-order valence-electron chi connectivity index (χ4n) is 3.52. The van der Waals surface area contributed by atoms with Gasteiger partial charge < -0.3 is 24.3 Å². The minimum atomic E-state index is -0.601. The van der Waals surface area contributed by atoms with E-state index in [2.05, 4.69) is 15.5 Å². The van der Waals surface area contributed by atoms with Crippen LogP contribution in [0.25, 0.3) is 0 Å². The summed E-state index contributed by atoms with van der Waals surface area (Å²) in [6.07, 6.45) is 2.42. The number of nitrogens with one attached hydrogen (secondary N) is 1. The van der Waals surface area contributed by atoms with Crippen molar-refractivity contribution in [2.45, 2.75) is 26.3 Å². The lowest BCUT2D eigenvalue weighted by atomic mass is 10.1. The summed E-state index contributed by atoms with van der Waals surface area (Å²) >= 11 is 0. The maximum Gasteiger partial charge on any atom is 0.281 e. The number of azo groups is 1. The molecule has 3 rings (SSSR count).